The van der Waals surface area contributed by atoms with E-state index in [1.807, 2.05) is 51.1 Å². The van der Waals surface area contributed by atoms with Gasteiger partial charge in [0.05, 0.1) is 18.0 Å². The zero-order valence-corrected chi connectivity index (χ0v) is 14.0. The van der Waals surface area contributed by atoms with Gasteiger partial charge in [-0.3, -0.25) is 9.78 Å². The van der Waals surface area contributed by atoms with Crippen LogP contribution < -0.4 is 0 Å². The topological polar surface area (TPSA) is 59.4 Å². The molecule has 0 saturated heterocycles. The van der Waals surface area contributed by atoms with Crippen molar-refractivity contribution in [2.75, 3.05) is 0 Å². The van der Waals surface area contributed by atoms with Crippen molar-refractivity contribution < 1.29 is 14.6 Å². The van der Waals surface area contributed by atoms with Gasteiger partial charge in [-0.05, 0) is 57.0 Å². The second-order valence-corrected chi connectivity index (χ2v) is 6.59. The second kappa shape index (κ2) is 6.92. The van der Waals surface area contributed by atoms with Crippen LogP contribution >= 0.6 is 0 Å². The maximum absolute atomic E-state index is 11.7. The van der Waals surface area contributed by atoms with Crippen molar-refractivity contribution >= 4 is 22.9 Å². The van der Waals surface area contributed by atoms with E-state index in [9.17, 15) is 9.90 Å². The highest BCUT2D eigenvalue weighted by molar-refractivity contribution is 5.82. The van der Waals surface area contributed by atoms with Crippen LogP contribution in [0.25, 0.3) is 17.0 Å². The van der Waals surface area contributed by atoms with Crippen LogP contribution in [0.2, 0.25) is 0 Å². The molecule has 1 N–H and O–H groups in total. The summed E-state index contributed by atoms with van der Waals surface area (Å²) in [6.45, 7) is 7.27. The molecule has 0 unspecified atom stereocenters. The number of carbonyl (C=O) groups excluding carboxylic acids is 1. The SMILES string of the molecule is C[C@@H](O)c1cnc2ccc(/C=C/CC(=O)OC(C)(C)C)cc2c1. The number of benzene rings is 1. The summed E-state index contributed by atoms with van der Waals surface area (Å²) < 4.78 is 5.26. The number of esters is 1. The van der Waals surface area contributed by atoms with Crippen LogP contribution in [0.5, 0.6) is 0 Å². The predicted molar refractivity (Wildman–Crippen MR) is 91.9 cm³/mol. The number of rotatable bonds is 4. The van der Waals surface area contributed by atoms with Gasteiger partial charge < -0.3 is 9.84 Å². The molecule has 0 aliphatic heterocycles. The Morgan fingerprint density at radius 2 is 2.09 bits per heavy atom. The largest absolute Gasteiger partial charge is 0.460 e. The third-order valence-corrected chi connectivity index (χ3v) is 3.22. The van der Waals surface area contributed by atoms with Gasteiger partial charge >= 0.3 is 5.97 Å². The van der Waals surface area contributed by atoms with Gasteiger partial charge in [0.1, 0.15) is 5.60 Å². The summed E-state index contributed by atoms with van der Waals surface area (Å²) in [6.07, 6.45) is 5.06. The van der Waals surface area contributed by atoms with Crippen molar-refractivity contribution in [3.63, 3.8) is 0 Å². The summed E-state index contributed by atoms with van der Waals surface area (Å²) >= 11 is 0. The fraction of sp³-hybridized carbons (Fsp3) is 0.368. The Hall–Kier alpha value is -2.20. The lowest BCUT2D eigenvalue weighted by Gasteiger charge is -2.18. The minimum absolute atomic E-state index is 0.237. The summed E-state index contributed by atoms with van der Waals surface area (Å²) in [7, 11) is 0. The second-order valence-electron chi connectivity index (χ2n) is 6.59. The lowest BCUT2D eigenvalue weighted by Crippen LogP contribution is -2.23. The minimum Gasteiger partial charge on any atom is -0.460 e. The third kappa shape index (κ3) is 5.18. The average molecular weight is 313 g/mol. The fourth-order valence-corrected chi connectivity index (χ4v) is 2.17. The number of nitrogens with zero attached hydrogens (tertiary/aromatic N) is 1. The molecule has 0 spiro atoms. The number of aliphatic hydroxyl groups is 1. The highest BCUT2D eigenvalue weighted by Crippen LogP contribution is 2.20. The number of ether oxygens (including phenoxy) is 1. The minimum atomic E-state index is -0.543. The van der Waals surface area contributed by atoms with E-state index in [0.717, 1.165) is 22.0 Å². The predicted octanol–water partition coefficient (Wildman–Crippen LogP) is 4.03. The molecule has 1 atom stereocenters. The molecule has 122 valence electrons. The van der Waals surface area contributed by atoms with E-state index in [1.165, 1.54) is 0 Å². The molecule has 2 rings (SSSR count). The van der Waals surface area contributed by atoms with E-state index in [0.29, 0.717) is 0 Å². The van der Waals surface area contributed by atoms with Crippen molar-refractivity contribution in [1.29, 1.82) is 0 Å². The van der Waals surface area contributed by atoms with E-state index >= 15 is 0 Å². The lowest BCUT2D eigenvalue weighted by molar-refractivity contribution is -0.153. The van der Waals surface area contributed by atoms with E-state index in [1.54, 1.807) is 19.2 Å². The molecular formula is C19H23NO3. The van der Waals surface area contributed by atoms with Gasteiger partial charge in [-0.25, -0.2) is 0 Å². The molecule has 0 aliphatic rings. The van der Waals surface area contributed by atoms with E-state index in [-0.39, 0.29) is 12.4 Å². The van der Waals surface area contributed by atoms with Crippen molar-refractivity contribution in [2.45, 2.75) is 45.8 Å². The Morgan fingerprint density at radius 1 is 1.35 bits per heavy atom. The number of aliphatic hydroxyl groups excluding tert-OH is 1. The van der Waals surface area contributed by atoms with Gasteiger partial charge in [0.2, 0.25) is 0 Å². The Morgan fingerprint density at radius 3 is 2.74 bits per heavy atom. The first-order chi connectivity index (χ1) is 10.7. The monoisotopic (exact) mass is 313 g/mol. The first-order valence-electron chi connectivity index (χ1n) is 7.71. The number of fused-ring (bicyclic) bond motifs is 1. The van der Waals surface area contributed by atoms with Crippen molar-refractivity contribution in [3.8, 4) is 0 Å². The maximum Gasteiger partial charge on any atom is 0.310 e. The van der Waals surface area contributed by atoms with Crippen LogP contribution in [-0.2, 0) is 9.53 Å². The molecule has 4 heteroatoms. The highest BCUT2D eigenvalue weighted by atomic mass is 16.6. The molecule has 4 nitrogen and oxygen atoms in total. The molecule has 0 amide bonds. The Bertz CT molecular complexity index is 727. The standard InChI is InChI=1S/C19H23NO3/c1-13(21)16-11-15-10-14(8-9-17(15)20-12-16)6-5-7-18(22)23-19(2,3)4/h5-6,8-13,21H,7H2,1-4H3/b6-5+/t13-/m1/s1. The van der Waals surface area contributed by atoms with Gasteiger partial charge in [-0.1, -0.05) is 18.2 Å². The molecule has 0 saturated carbocycles. The third-order valence-electron chi connectivity index (χ3n) is 3.22. The molecular weight excluding hydrogens is 290 g/mol. The van der Waals surface area contributed by atoms with Gasteiger partial charge in [-0.15, -0.1) is 0 Å². The van der Waals surface area contributed by atoms with Crippen molar-refractivity contribution in [2.24, 2.45) is 0 Å². The van der Waals surface area contributed by atoms with Crippen LogP contribution in [0.4, 0.5) is 0 Å². The Labute approximate surface area is 136 Å². The van der Waals surface area contributed by atoms with Crippen LogP contribution in [0.15, 0.2) is 36.5 Å². The molecule has 1 heterocycles. The number of hydrogen-bond donors (Lipinski definition) is 1. The molecule has 1 aromatic heterocycles. The molecule has 0 fully saturated rings. The van der Waals surface area contributed by atoms with E-state index in [2.05, 4.69) is 4.98 Å². The van der Waals surface area contributed by atoms with Gasteiger partial charge in [0.15, 0.2) is 0 Å². The highest BCUT2D eigenvalue weighted by Gasteiger charge is 2.14. The molecule has 1 aromatic carbocycles. The zero-order chi connectivity index (χ0) is 17.0. The molecule has 0 bridgehead atoms. The zero-order valence-electron chi connectivity index (χ0n) is 14.0. The van der Waals surface area contributed by atoms with Gasteiger partial charge in [0.25, 0.3) is 0 Å². The van der Waals surface area contributed by atoms with Crippen LogP contribution in [0.3, 0.4) is 0 Å². The van der Waals surface area contributed by atoms with Crippen molar-refractivity contribution in [1.82, 2.24) is 4.98 Å². The van der Waals surface area contributed by atoms with Crippen LogP contribution in [-0.4, -0.2) is 21.7 Å². The average Bonchev–Trinajstić information content (AvgIpc) is 2.44. The van der Waals surface area contributed by atoms with Crippen LogP contribution in [0, 0.1) is 0 Å². The maximum atomic E-state index is 11.7. The summed E-state index contributed by atoms with van der Waals surface area (Å²) in [5.41, 5.74) is 2.17. The van der Waals surface area contributed by atoms with Gasteiger partial charge in [0, 0.05) is 11.6 Å². The first kappa shape index (κ1) is 17.2. The van der Waals surface area contributed by atoms with E-state index < -0.39 is 11.7 Å². The van der Waals surface area contributed by atoms with Crippen LogP contribution in [0.1, 0.15) is 51.3 Å². The summed E-state index contributed by atoms with van der Waals surface area (Å²) in [6, 6.07) is 7.79. The Kier molecular flexibility index (Phi) is 5.16. The summed E-state index contributed by atoms with van der Waals surface area (Å²) in [4.78, 5) is 16.0. The molecule has 0 aliphatic carbocycles. The Balaban J connectivity index is 2.11. The number of pyridine rings is 1. The smallest absolute Gasteiger partial charge is 0.310 e. The number of aromatic nitrogens is 1. The summed E-state index contributed by atoms with van der Waals surface area (Å²) in [5, 5.41) is 10.6. The fourth-order valence-electron chi connectivity index (χ4n) is 2.17. The van der Waals surface area contributed by atoms with Crippen molar-refractivity contribution in [3.05, 3.63) is 47.7 Å². The first-order valence-corrected chi connectivity index (χ1v) is 7.71. The number of hydrogen-bond acceptors (Lipinski definition) is 4. The number of carbonyl (C=O) groups is 1. The molecule has 2 aromatic rings. The molecule has 0 radical (unpaired) electrons. The molecule has 23 heavy (non-hydrogen) atoms. The van der Waals surface area contributed by atoms with Gasteiger partial charge in [-0.2, -0.15) is 0 Å². The normalized spacial score (nSPS) is 13.4. The summed E-state index contributed by atoms with van der Waals surface area (Å²) in [5.74, 6) is -0.243. The quantitative estimate of drug-likeness (QED) is 0.866. The van der Waals surface area contributed by atoms with E-state index in [4.69, 9.17) is 4.74 Å². The lowest BCUT2D eigenvalue weighted by atomic mass is 10.1.